The van der Waals surface area contributed by atoms with Gasteiger partial charge >= 0.3 is 0 Å². The fraction of sp³-hybridized carbons (Fsp3) is 0.680. The molecule has 33 heavy (non-hydrogen) atoms. The molecule has 0 radical (unpaired) electrons. The van der Waals surface area contributed by atoms with Crippen molar-refractivity contribution in [2.45, 2.75) is 82.6 Å². The Morgan fingerprint density at radius 1 is 0.970 bits per heavy atom. The number of nitrogens with zero attached hydrogens (tertiary/aromatic N) is 2. The minimum Gasteiger partial charge on any atom is -0.353 e. The summed E-state index contributed by atoms with van der Waals surface area (Å²) in [6.45, 7) is 5.98. The van der Waals surface area contributed by atoms with E-state index in [1.165, 1.54) is 10.7 Å². The van der Waals surface area contributed by atoms with Gasteiger partial charge in [-0.1, -0.05) is 45.2 Å². The number of carbonyl (C=O) groups is 2. The van der Waals surface area contributed by atoms with Gasteiger partial charge in [-0.05, 0) is 49.8 Å². The lowest BCUT2D eigenvalue weighted by atomic mass is 9.87. The zero-order valence-electron chi connectivity index (χ0n) is 20.1. The number of piperidine rings is 1. The number of sulfonamides is 1. The number of nitrogens with one attached hydrogen (secondary N) is 1. The molecule has 1 aromatic rings. The molecule has 1 saturated heterocycles. The zero-order chi connectivity index (χ0) is 23.8. The highest BCUT2D eigenvalue weighted by Gasteiger charge is 2.29. The fourth-order valence-corrected chi connectivity index (χ4v) is 6.41. The van der Waals surface area contributed by atoms with Gasteiger partial charge in [-0.3, -0.25) is 9.59 Å². The SMILES string of the molecule is CCN(CC)S(=O)(=O)c1ccc(CCC(=O)NC2CCN(C(=O)C3CCCCC3)CC2)cc1. The van der Waals surface area contributed by atoms with E-state index in [0.717, 1.165) is 57.2 Å². The van der Waals surface area contributed by atoms with Crippen molar-refractivity contribution in [3.63, 3.8) is 0 Å². The van der Waals surface area contributed by atoms with Crippen LogP contribution in [0.5, 0.6) is 0 Å². The van der Waals surface area contributed by atoms with Crippen LogP contribution in [0.3, 0.4) is 0 Å². The third-order valence-corrected chi connectivity index (χ3v) is 9.10. The van der Waals surface area contributed by atoms with Gasteiger partial charge in [0.25, 0.3) is 0 Å². The molecule has 1 aliphatic heterocycles. The maximum absolute atomic E-state index is 12.7. The minimum absolute atomic E-state index is 0.00639. The molecular formula is C25H39N3O4S. The molecule has 2 fully saturated rings. The van der Waals surface area contributed by atoms with Crippen molar-refractivity contribution in [2.75, 3.05) is 26.2 Å². The van der Waals surface area contributed by atoms with Crippen LogP contribution in [0.15, 0.2) is 29.2 Å². The Labute approximate surface area is 199 Å². The van der Waals surface area contributed by atoms with Crippen LogP contribution in [0.1, 0.15) is 70.8 Å². The molecule has 3 rings (SSSR count). The molecule has 8 heteroatoms. The number of hydrogen-bond acceptors (Lipinski definition) is 4. The maximum atomic E-state index is 12.7. The largest absolute Gasteiger partial charge is 0.353 e. The van der Waals surface area contributed by atoms with Crippen LogP contribution < -0.4 is 5.32 Å². The Morgan fingerprint density at radius 3 is 2.15 bits per heavy atom. The van der Waals surface area contributed by atoms with E-state index in [-0.39, 0.29) is 22.8 Å². The monoisotopic (exact) mass is 477 g/mol. The van der Waals surface area contributed by atoms with Gasteiger partial charge in [0.15, 0.2) is 0 Å². The molecule has 0 unspecified atom stereocenters. The zero-order valence-corrected chi connectivity index (χ0v) is 20.9. The molecule has 1 heterocycles. The maximum Gasteiger partial charge on any atom is 0.243 e. The topological polar surface area (TPSA) is 86.8 Å². The van der Waals surface area contributed by atoms with Crippen LogP contribution >= 0.6 is 0 Å². The van der Waals surface area contributed by atoms with Gasteiger partial charge in [0.2, 0.25) is 21.8 Å². The Bertz CT molecular complexity index is 883. The summed E-state index contributed by atoms with van der Waals surface area (Å²) < 4.78 is 26.6. The van der Waals surface area contributed by atoms with Crippen LogP contribution in [0.25, 0.3) is 0 Å². The predicted molar refractivity (Wildman–Crippen MR) is 129 cm³/mol. The van der Waals surface area contributed by atoms with E-state index in [1.54, 1.807) is 24.3 Å². The van der Waals surface area contributed by atoms with Crippen molar-refractivity contribution in [3.05, 3.63) is 29.8 Å². The van der Waals surface area contributed by atoms with Crippen molar-refractivity contribution in [3.8, 4) is 0 Å². The predicted octanol–water partition coefficient (Wildman–Crippen LogP) is 3.34. The average Bonchev–Trinajstić information content (AvgIpc) is 2.84. The number of carbonyl (C=O) groups excluding carboxylic acids is 2. The van der Waals surface area contributed by atoms with Crippen molar-refractivity contribution >= 4 is 21.8 Å². The van der Waals surface area contributed by atoms with Crippen LogP contribution in [0.2, 0.25) is 0 Å². The molecule has 7 nitrogen and oxygen atoms in total. The summed E-state index contributed by atoms with van der Waals surface area (Å²) in [6, 6.07) is 6.95. The first-order valence-electron chi connectivity index (χ1n) is 12.5. The van der Waals surface area contributed by atoms with E-state index in [9.17, 15) is 18.0 Å². The average molecular weight is 478 g/mol. The van der Waals surface area contributed by atoms with E-state index < -0.39 is 10.0 Å². The van der Waals surface area contributed by atoms with Gasteiger partial charge in [-0.25, -0.2) is 8.42 Å². The van der Waals surface area contributed by atoms with Gasteiger partial charge in [0.1, 0.15) is 0 Å². The van der Waals surface area contributed by atoms with E-state index >= 15 is 0 Å². The standard InChI is InChI=1S/C25H39N3O4S/c1-3-28(4-2)33(31,32)23-13-10-20(11-14-23)12-15-24(29)26-22-16-18-27(19-17-22)25(30)21-8-6-5-7-9-21/h10-11,13-14,21-22H,3-9,12,15-19H2,1-2H3,(H,26,29). The third kappa shape index (κ3) is 6.79. The van der Waals surface area contributed by atoms with Crippen LogP contribution in [-0.4, -0.2) is 61.7 Å². The Morgan fingerprint density at radius 2 is 1.58 bits per heavy atom. The molecule has 2 aliphatic rings. The second-order valence-corrected chi connectivity index (χ2v) is 11.2. The van der Waals surface area contributed by atoms with Crippen molar-refractivity contribution in [1.82, 2.24) is 14.5 Å². The minimum atomic E-state index is -3.46. The van der Waals surface area contributed by atoms with Gasteiger partial charge in [0.05, 0.1) is 4.90 Å². The van der Waals surface area contributed by atoms with Crippen molar-refractivity contribution in [2.24, 2.45) is 5.92 Å². The molecule has 184 valence electrons. The molecule has 0 atom stereocenters. The summed E-state index contributed by atoms with van der Waals surface area (Å²) in [5, 5.41) is 3.11. The molecule has 0 bridgehead atoms. The van der Waals surface area contributed by atoms with Crippen LogP contribution in [0.4, 0.5) is 0 Å². The van der Waals surface area contributed by atoms with Crippen molar-refractivity contribution < 1.29 is 18.0 Å². The number of aryl methyl sites for hydroxylation is 1. The third-order valence-electron chi connectivity index (χ3n) is 7.03. The fourth-order valence-electron chi connectivity index (χ4n) is 4.95. The van der Waals surface area contributed by atoms with Crippen molar-refractivity contribution in [1.29, 1.82) is 0 Å². The lowest BCUT2D eigenvalue weighted by Crippen LogP contribution is -2.48. The molecule has 0 spiro atoms. The second kappa shape index (κ2) is 12.0. The quantitative estimate of drug-likeness (QED) is 0.591. The highest BCUT2D eigenvalue weighted by atomic mass is 32.2. The first-order valence-corrected chi connectivity index (χ1v) is 14.0. The number of likely N-dealkylation sites (tertiary alicyclic amines) is 1. The summed E-state index contributed by atoms with van der Waals surface area (Å²) in [5.41, 5.74) is 0.941. The van der Waals surface area contributed by atoms with Gasteiger partial charge < -0.3 is 10.2 Å². The highest BCUT2D eigenvalue weighted by Crippen LogP contribution is 2.26. The number of amides is 2. The normalized spacial score (nSPS) is 18.5. The molecule has 2 amide bonds. The summed E-state index contributed by atoms with van der Waals surface area (Å²) in [4.78, 5) is 27.4. The number of benzene rings is 1. The van der Waals surface area contributed by atoms with E-state index in [0.29, 0.717) is 31.8 Å². The lowest BCUT2D eigenvalue weighted by molar-refractivity contribution is -0.137. The summed E-state index contributed by atoms with van der Waals surface area (Å²) in [5.74, 6) is 0.524. The molecule has 1 saturated carbocycles. The lowest BCUT2D eigenvalue weighted by Gasteiger charge is -2.35. The van der Waals surface area contributed by atoms with Gasteiger partial charge in [-0.2, -0.15) is 4.31 Å². The first-order chi connectivity index (χ1) is 15.8. The Balaban J connectivity index is 1.41. The molecule has 1 aromatic carbocycles. The van der Waals surface area contributed by atoms with E-state index in [2.05, 4.69) is 5.32 Å². The van der Waals surface area contributed by atoms with Gasteiger partial charge in [-0.15, -0.1) is 0 Å². The molecule has 0 aromatic heterocycles. The highest BCUT2D eigenvalue weighted by molar-refractivity contribution is 7.89. The van der Waals surface area contributed by atoms with Crippen LogP contribution in [-0.2, 0) is 26.0 Å². The number of hydrogen-bond donors (Lipinski definition) is 1. The molecular weight excluding hydrogens is 438 g/mol. The molecule has 1 aliphatic carbocycles. The second-order valence-electron chi connectivity index (χ2n) is 9.24. The first kappa shape index (κ1) is 25.7. The van der Waals surface area contributed by atoms with E-state index in [4.69, 9.17) is 0 Å². The summed E-state index contributed by atoms with van der Waals surface area (Å²) in [6.07, 6.45) is 8.17. The summed E-state index contributed by atoms with van der Waals surface area (Å²) in [7, 11) is -3.46. The summed E-state index contributed by atoms with van der Waals surface area (Å²) >= 11 is 0. The smallest absolute Gasteiger partial charge is 0.243 e. The van der Waals surface area contributed by atoms with Crippen LogP contribution in [0, 0.1) is 5.92 Å². The number of rotatable bonds is 9. The Hall–Kier alpha value is -1.93. The molecule has 1 N–H and O–H groups in total. The van der Waals surface area contributed by atoms with E-state index in [1.807, 2.05) is 18.7 Å². The van der Waals surface area contributed by atoms with Gasteiger partial charge in [0, 0.05) is 44.6 Å². The Kier molecular flexibility index (Phi) is 9.32.